The maximum Gasteiger partial charge on any atom is -0.0412 e. The van der Waals surface area contributed by atoms with Gasteiger partial charge in [0.15, 0.2) is 0 Å². The summed E-state index contributed by atoms with van der Waals surface area (Å²) in [6.45, 7) is 62.0. The van der Waals surface area contributed by atoms with Crippen LogP contribution < -0.4 is 0 Å². The monoisotopic (exact) mass is 1090 g/mol. The highest BCUT2D eigenvalue weighted by atomic mass is 14.3. The van der Waals surface area contributed by atoms with Crippen LogP contribution in [0, 0.1) is 107 Å². The average molecular weight is 1090 g/mol. The molecule has 77 heavy (non-hydrogen) atoms. The Morgan fingerprint density at radius 1 is 0.130 bits per heavy atom. The fourth-order valence-electron chi connectivity index (χ4n) is 13.0. The van der Waals surface area contributed by atoms with Gasteiger partial charge in [0.25, 0.3) is 0 Å². The summed E-state index contributed by atoms with van der Waals surface area (Å²) in [5.41, 5.74) is 0. The quantitative estimate of drug-likeness (QED) is 0.0570. The van der Waals surface area contributed by atoms with Gasteiger partial charge in [-0.25, -0.2) is 0 Å². The molecule has 0 radical (unpaired) electrons. The largest absolute Gasteiger partial charge is 0.0776 e. The van der Waals surface area contributed by atoms with Gasteiger partial charge in [-0.05, 0) is 196 Å². The van der Waals surface area contributed by atoms with E-state index in [2.05, 4.69) is 180 Å². The zero-order valence-electron chi connectivity index (χ0n) is 59.0. The van der Waals surface area contributed by atoms with Crippen LogP contribution in [-0.4, -0.2) is 0 Å². The number of hydrogen-bond acceptors (Lipinski definition) is 0. The van der Waals surface area contributed by atoms with Gasteiger partial charge >= 0.3 is 0 Å². The van der Waals surface area contributed by atoms with Crippen molar-refractivity contribution < 1.29 is 0 Å². The molecule has 0 nitrogen and oxygen atoms in total. The summed E-state index contributed by atoms with van der Waals surface area (Å²) in [5.74, 6) is 17.0. The van der Waals surface area contributed by atoms with Gasteiger partial charge in [-0.2, -0.15) is 0 Å². The van der Waals surface area contributed by atoms with E-state index in [1.165, 1.54) is 205 Å². The molecule has 0 aromatic rings. The minimum Gasteiger partial charge on any atom is -0.0776 e. The van der Waals surface area contributed by atoms with Crippen molar-refractivity contribution in [2.24, 2.45) is 107 Å². The Hall–Kier alpha value is 0. The molecule has 0 bridgehead atoms. The van der Waals surface area contributed by atoms with Crippen molar-refractivity contribution in [3.63, 3.8) is 0 Å². The van der Waals surface area contributed by atoms with Crippen molar-refractivity contribution in [2.75, 3.05) is 0 Å². The lowest BCUT2D eigenvalue weighted by molar-refractivity contribution is 0.224. The molecule has 0 aromatic heterocycles. The maximum atomic E-state index is 2.44. The second-order valence-corrected chi connectivity index (χ2v) is 28.1. The third-order valence-electron chi connectivity index (χ3n) is 21.2. The highest BCUT2D eigenvalue weighted by Gasteiger charge is 2.24. The van der Waals surface area contributed by atoms with Gasteiger partial charge in [0, 0.05) is 0 Å². The van der Waals surface area contributed by atoms with Crippen LogP contribution in [-0.2, 0) is 0 Å². The van der Waals surface area contributed by atoms with Crippen LogP contribution in [0.4, 0.5) is 0 Å². The normalized spacial score (nSPS) is 18.6. The highest BCUT2D eigenvalue weighted by Crippen LogP contribution is 2.36. The highest BCUT2D eigenvalue weighted by molar-refractivity contribution is 4.76. The Bertz CT molecular complexity index is 1030. The summed E-state index contributed by atoms with van der Waals surface area (Å²) < 4.78 is 0. The van der Waals surface area contributed by atoms with Crippen LogP contribution in [0.1, 0.15) is 393 Å². The minimum atomic E-state index is 0. The van der Waals surface area contributed by atoms with Crippen LogP contribution in [0.3, 0.4) is 0 Å². The summed E-state index contributed by atoms with van der Waals surface area (Å²) >= 11 is 0. The van der Waals surface area contributed by atoms with Gasteiger partial charge in [0.05, 0.1) is 0 Å². The molecule has 0 spiro atoms. The molecule has 0 aromatic carbocycles. The van der Waals surface area contributed by atoms with Crippen molar-refractivity contribution in [1.29, 1.82) is 0 Å². The second-order valence-electron chi connectivity index (χ2n) is 28.1. The van der Waals surface area contributed by atoms with E-state index >= 15 is 0 Å². The molecule has 16 atom stereocenters. The molecule has 0 aliphatic carbocycles. The molecule has 0 amide bonds. The Morgan fingerprint density at radius 3 is 0.286 bits per heavy atom. The fourth-order valence-corrected chi connectivity index (χ4v) is 13.0. The Morgan fingerprint density at radius 2 is 0.208 bits per heavy atom. The summed E-state index contributed by atoms with van der Waals surface area (Å²) in [6.07, 6.45) is 45.0. The molecule has 0 aliphatic rings. The lowest BCUT2D eigenvalue weighted by Gasteiger charge is -2.29. The summed E-state index contributed by atoms with van der Waals surface area (Å²) in [7, 11) is 0. The lowest BCUT2D eigenvalue weighted by atomic mass is 9.77. The first-order valence-corrected chi connectivity index (χ1v) is 36.1. The molecule has 0 fully saturated rings. The number of hydrogen-bond donors (Lipinski definition) is 0. The Balaban J connectivity index is -0.000000305. The third kappa shape index (κ3) is 49.2. The molecular formula is C77H164. The molecule has 0 saturated carbocycles. The first-order valence-electron chi connectivity index (χ1n) is 36.1. The van der Waals surface area contributed by atoms with Gasteiger partial charge in [-0.15, -0.1) is 0 Å². The molecule has 16 unspecified atom stereocenters. The van der Waals surface area contributed by atoms with Crippen LogP contribution in [0.15, 0.2) is 0 Å². The maximum absolute atomic E-state index is 2.44. The summed E-state index contributed by atoms with van der Waals surface area (Å²) in [6, 6.07) is 0. The molecular weight excluding hydrogens is 925 g/mol. The van der Waals surface area contributed by atoms with E-state index in [0.29, 0.717) is 0 Å². The third-order valence-corrected chi connectivity index (χ3v) is 21.2. The smallest absolute Gasteiger partial charge is 0.0412 e. The van der Waals surface area contributed by atoms with Crippen LogP contribution in [0.2, 0.25) is 0 Å². The van der Waals surface area contributed by atoms with E-state index in [-0.39, 0.29) is 7.43 Å². The van der Waals surface area contributed by atoms with Crippen molar-refractivity contribution in [2.45, 2.75) is 393 Å². The van der Waals surface area contributed by atoms with Gasteiger partial charge in [0.2, 0.25) is 0 Å². The molecule has 0 heteroatoms. The van der Waals surface area contributed by atoms with Crippen molar-refractivity contribution >= 4 is 0 Å². The first kappa shape index (κ1) is 85.8. The predicted molar refractivity (Wildman–Crippen MR) is 365 cm³/mol. The molecule has 0 heterocycles. The zero-order valence-corrected chi connectivity index (χ0v) is 59.0. The summed E-state index contributed by atoms with van der Waals surface area (Å²) in [5, 5.41) is 0. The molecule has 0 N–H and O–H groups in total. The topological polar surface area (TPSA) is 0 Å². The van der Waals surface area contributed by atoms with E-state index < -0.39 is 0 Å². The Kier molecular flexibility index (Phi) is 64.4. The second kappa shape index (κ2) is 57.8. The summed E-state index contributed by atoms with van der Waals surface area (Å²) in [4.78, 5) is 0. The van der Waals surface area contributed by atoms with Crippen molar-refractivity contribution in [1.82, 2.24) is 0 Å². The molecule has 0 saturated heterocycles. The first-order chi connectivity index (χ1) is 36.1. The van der Waals surface area contributed by atoms with Crippen LogP contribution in [0.5, 0.6) is 0 Å². The van der Waals surface area contributed by atoms with Crippen LogP contribution in [0.25, 0.3) is 0 Å². The van der Waals surface area contributed by atoms with Gasteiger partial charge in [-0.1, -0.05) is 303 Å². The average Bonchev–Trinajstić information content (AvgIpc) is 3.44. The van der Waals surface area contributed by atoms with Crippen molar-refractivity contribution in [3.05, 3.63) is 0 Å². The number of rotatable bonds is 46. The predicted octanol–water partition coefficient (Wildman–Crippen LogP) is 28.7. The molecule has 0 rings (SSSR count). The Labute approximate surface area is 496 Å². The molecule has 472 valence electrons. The zero-order chi connectivity index (χ0) is 59.0. The van der Waals surface area contributed by atoms with Gasteiger partial charge < -0.3 is 0 Å². The van der Waals surface area contributed by atoms with Crippen LogP contribution >= 0.6 is 0 Å². The lowest BCUT2D eigenvalue weighted by Crippen LogP contribution is -2.17. The van der Waals surface area contributed by atoms with Gasteiger partial charge in [-0.3, -0.25) is 0 Å². The van der Waals surface area contributed by atoms with E-state index in [0.717, 1.165) is 107 Å². The minimum absolute atomic E-state index is 0. The molecule has 0 aliphatic heterocycles. The fraction of sp³-hybridized carbons (Fsp3) is 1.00. The van der Waals surface area contributed by atoms with E-state index in [4.69, 9.17) is 0 Å². The van der Waals surface area contributed by atoms with E-state index in [1.54, 1.807) is 0 Å². The SMILES string of the molecule is C.CCC(C)CC(CC)CC(C)CC.CCC(C)CC(CC)CC(CC)CC(C)CC.CCC(C)CC(CC)CC(CC)CC(CC)CC(C)CC.CCC(C)CC(CC)CC(CC)CC(CC)CC(CC)CC(C)CC. The van der Waals surface area contributed by atoms with E-state index in [1.807, 2.05) is 0 Å². The van der Waals surface area contributed by atoms with Crippen molar-refractivity contribution in [3.8, 4) is 0 Å². The van der Waals surface area contributed by atoms with Gasteiger partial charge in [0.1, 0.15) is 0 Å². The standard InChI is InChI=1S/C25H52.C21H44.C17H36.C13H28.CH4/c1-9-20(7)15-22(11-3)17-24(13-5)19-25(14-6)18-23(12-4)16-21(8)10-2;1-8-17(6)13-19(10-3)15-21(12-5)16-20(11-4)14-18(7)9-2;1-7-14(5)11-16(9-3)13-17(10-4)12-15(6)8-2;1-6-11(4)9-13(8-3)10-12(5)7-2;/h20-25H,9-19H2,1-8H3;17-21H,8-16H2,1-7H3;14-17H,7-13H2,1-6H3;11-13H,6-10H2,1-5H3;1H4. The van der Waals surface area contributed by atoms with E-state index in [9.17, 15) is 0 Å².